The van der Waals surface area contributed by atoms with Crippen LogP contribution < -0.4 is 5.32 Å². The van der Waals surface area contributed by atoms with Gasteiger partial charge >= 0.3 is 0 Å². The lowest BCUT2D eigenvalue weighted by Gasteiger charge is -2.31. The highest BCUT2D eigenvalue weighted by Gasteiger charge is 2.30. The maximum absolute atomic E-state index is 13.5. The predicted octanol–water partition coefficient (Wildman–Crippen LogP) is 5.23. The Morgan fingerprint density at radius 3 is 2.25 bits per heavy atom. The molecule has 6 heteroatoms. The fraction of sp³-hybridized carbons (Fsp3) is 0.231. The van der Waals surface area contributed by atoms with Crippen LogP contribution in [-0.4, -0.2) is 29.8 Å². The molecule has 0 saturated heterocycles. The van der Waals surface area contributed by atoms with Gasteiger partial charge in [-0.1, -0.05) is 89.4 Å². The van der Waals surface area contributed by atoms with Crippen molar-refractivity contribution in [2.24, 2.45) is 0 Å². The van der Waals surface area contributed by atoms with Crippen molar-refractivity contribution in [3.05, 3.63) is 105 Å². The number of rotatable bonds is 8. The molecule has 0 aliphatic rings. The number of likely N-dealkylation sites (N-methyl/N-ethyl adjacent to an activating group) is 1. The highest BCUT2D eigenvalue weighted by Crippen LogP contribution is 2.24. The number of amides is 2. The van der Waals surface area contributed by atoms with Crippen molar-refractivity contribution in [1.82, 2.24) is 10.2 Å². The van der Waals surface area contributed by atoms with E-state index in [1.54, 1.807) is 24.1 Å². The van der Waals surface area contributed by atoms with Crippen LogP contribution in [0.25, 0.3) is 0 Å². The van der Waals surface area contributed by atoms with Gasteiger partial charge in [0.15, 0.2) is 0 Å². The molecule has 1 N–H and O–H groups in total. The molecule has 1 atom stereocenters. The molecule has 0 radical (unpaired) electrons. The lowest BCUT2D eigenvalue weighted by molar-refractivity contribution is -0.140. The third-order valence-corrected chi connectivity index (χ3v) is 6.03. The van der Waals surface area contributed by atoms with Crippen molar-refractivity contribution in [3.8, 4) is 0 Å². The van der Waals surface area contributed by atoms with Gasteiger partial charge < -0.3 is 10.2 Å². The molecular formula is C26H26Cl2N2O2. The number of nitrogens with zero attached hydrogens (tertiary/aromatic N) is 1. The topological polar surface area (TPSA) is 49.4 Å². The van der Waals surface area contributed by atoms with Gasteiger partial charge in [-0.2, -0.15) is 0 Å². The largest absolute Gasteiger partial charge is 0.357 e. The number of carbonyl (C=O) groups is 2. The van der Waals surface area contributed by atoms with E-state index in [0.717, 1.165) is 22.3 Å². The molecule has 3 aromatic carbocycles. The molecule has 0 aliphatic heterocycles. The van der Waals surface area contributed by atoms with Gasteiger partial charge in [0.2, 0.25) is 11.8 Å². The zero-order valence-electron chi connectivity index (χ0n) is 18.1. The molecular weight excluding hydrogens is 443 g/mol. The van der Waals surface area contributed by atoms with E-state index in [2.05, 4.69) is 5.32 Å². The maximum atomic E-state index is 13.5. The minimum atomic E-state index is -0.672. The molecule has 166 valence electrons. The van der Waals surface area contributed by atoms with Crippen molar-refractivity contribution < 1.29 is 9.59 Å². The van der Waals surface area contributed by atoms with E-state index < -0.39 is 6.04 Å². The second-order valence-corrected chi connectivity index (χ2v) is 8.57. The van der Waals surface area contributed by atoms with Crippen LogP contribution in [0.15, 0.2) is 72.8 Å². The quantitative estimate of drug-likeness (QED) is 0.491. The van der Waals surface area contributed by atoms with Crippen LogP contribution in [0.5, 0.6) is 0 Å². The number of hydrogen-bond donors (Lipinski definition) is 1. The minimum absolute atomic E-state index is 0.133. The normalized spacial score (nSPS) is 11.6. The minimum Gasteiger partial charge on any atom is -0.357 e. The van der Waals surface area contributed by atoms with Crippen LogP contribution in [0.2, 0.25) is 10.0 Å². The fourth-order valence-electron chi connectivity index (χ4n) is 3.65. The zero-order chi connectivity index (χ0) is 23.1. The maximum Gasteiger partial charge on any atom is 0.242 e. The molecule has 0 aromatic heterocycles. The van der Waals surface area contributed by atoms with Crippen LogP contribution in [0, 0.1) is 6.92 Å². The molecule has 0 fully saturated rings. The van der Waals surface area contributed by atoms with E-state index >= 15 is 0 Å². The first kappa shape index (κ1) is 23.8. The molecule has 0 unspecified atom stereocenters. The van der Waals surface area contributed by atoms with Crippen molar-refractivity contribution in [2.45, 2.75) is 32.4 Å². The van der Waals surface area contributed by atoms with Gasteiger partial charge in [-0.05, 0) is 35.7 Å². The van der Waals surface area contributed by atoms with Gasteiger partial charge in [0, 0.05) is 20.0 Å². The highest BCUT2D eigenvalue weighted by molar-refractivity contribution is 6.42. The first-order valence-electron chi connectivity index (χ1n) is 10.4. The molecule has 0 spiro atoms. The van der Waals surface area contributed by atoms with Crippen molar-refractivity contribution in [2.75, 3.05) is 7.05 Å². The Bertz CT molecular complexity index is 1090. The van der Waals surface area contributed by atoms with E-state index in [1.165, 1.54) is 0 Å². The summed E-state index contributed by atoms with van der Waals surface area (Å²) in [6.07, 6.45) is 0.604. The van der Waals surface area contributed by atoms with Gasteiger partial charge in [-0.15, -0.1) is 0 Å². The summed E-state index contributed by atoms with van der Waals surface area (Å²) in [5, 5.41) is 3.58. The van der Waals surface area contributed by atoms with Crippen LogP contribution in [0.4, 0.5) is 0 Å². The summed E-state index contributed by atoms with van der Waals surface area (Å²) in [6.45, 7) is 2.23. The first-order chi connectivity index (χ1) is 15.4. The van der Waals surface area contributed by atoms with Crippen molar-refractivity contribution >= 4 is 35.0 Å². The Hall–Kier alpha value is -2.82. The number of benzene rings is 3. The van der Waals surface area contributed by atoms with Gasteiger partial charge in [0.25, 0.3) is 0 Å². The standard InChI is InChI=1S/C26H26Cl2N2O2/c1-18-7-6-10-20(13-18)16-25(31)30(17-21-11-12-22(27)23(28)14-21)24(26(32)29-2)15-19-8-4-3-5-9-19/h3-14,24H,15-17H2,1-2H3,(H,29,32)/t24-/m0/s1. The SMILES string of the molecule is CNC(=O)[C@H](Cc1ccccc1)N(Cc1ccc(Cl)c(Cl)c1)C(=O)Cc1cccc(C)c1. The number of hydrogen-bond acceptors (Lipinski definition) is 2. The number of nitrogens with one attached hydrogen (secondary N) is 1. The molecule has 0 heterocycles. The highest BCUT2D eigenvalue weighted by atomic mass is 35.5. The Morgan fingerprint density at radius 2 is 1.59 bits per heavy atom. The van der Waals surface area contributed by atoms with Crippen molar-refractivity contribution in [1.29, 1.82) is 0 Å². The number of aryl methyl sites for hydroxylation is 1. The third kappa shape index (κ3) is 6.35. The van der Waals surface area contributed by atoms with Crippen molar-refractivity contribution in [3.63, 3.8) is 0 Å². The summed E-state index contributed by atoms with van der Waals surface area (Å²) in [4.78, 5) is 28.1. The molecule has 3 rings (SSSR count). The summed E-state index contributed by atoms with van der Waals surface area (Å²) >= 11 is 12.3. The van der Waals surface area contributed by atoms with Crippen LogP contribution >= 0.6 is 23.2 Å². The average molecular weight is 469 g/mol. The molecule has 0 saturated carbocycles. The van der Waals surface area contributed by atoms with E-state index in [-0.39, 0.29) is 24.8 Å². The van der Waals surface area contributed by atoms with Crippen LogP contribution in [0.3, 0.4) is 0 Å². The lowest BCUT2D eigenvalue weighted by Crippen LogP contribution is -2.50. The summed E-state index contributed by atoms with van der Waals surface area (Å²) < 4.78 is 0. The van der Waals surface area contributed by atoms with Gasteiger partial charge in [-0.3, -0.25) is 9.59 Å². The fourth-order valence-corrected chi connectivity index (χ4v) is 3.97. The molecule has 32 heavy (non-hydrogen) atoms. The molecule has 3 aromatic rings. The van der Waals surface area contributed by atoms with E-state index in [9.17, 15) is 9.59 Å². The van der Waals surface area contributed by atoms with E-state index in [0.29, 0.717) is 16.5 Å². The van der Waals surface area contributed by atoms with Crippen LogP contribution in [-0.2, 0) is 29.0 Å². The average Bonchev–Trinajstić information content (AvgIpc) is 2.78. The van der Waals surface area contributed by atoms with E-state index in [4.69, 9.17) is 23.2 Å². The van der Waals surface area contributed by atoms with Gasteiger partial charge in [0.1, 0.15) is 6.04 Å². The number of halogens is 2. The predicted molar refractivity (Wildman–Crippen MR) is 130 cm³/mol. The Labute approximate surface area is 199 Å². The molecule has 0 bridgehead atoms. The molecule has 4 nitrogen and oxygen atoms in total. The summed E-state index contributed by atoms with van der Waals surface area (Å²) in [5.41, 5.74) is 3.77. The first-order valence-corrected chi connectivity index (χ1v) is 11.2. The summed E-state index contributed by atoms with van der Waals surface area (Å²) in [5.74, 6) is -0.349. The second kappa shape index (κ2) is 11.2. The Balaban J connectivity index is 1.96. The lowest BCUT2D eigenvalue weighted by atomic mass is 10.0. The van der Waals surface area contributed by atoms with E-state index in [1.807, 2.05) is 67.6 Å². The molecule has 0 aliphatic carbocycles. The van der Waals surface area contributed by atoms with Crippen LogP contribution in [0.1, 0.15) is 22.3 Å². The number of carbonyl (C=O) groups excluding carboxylic acids is 2. The Kier molecular flexibility index (Phi) is 8.32. The molecule has 2 amide bonds. The summed E-state index contributed by atoms with van der Waals surface area (Å²) in [6, 6.07) is 22.1. The second-order valence-electron chi connectivity index (χ2n) is 7.76. The Morgan fingerprint density at radius 1 is 0.875 bits per heavy atom. The monoisotopic (exact) mass is 468 g/mol. The summed E-state index contributed by atoms with van der Waals surface area (Å²) in [7, 11) is 1.59. The zero-order valence-corrected chi connectivity index (χ0v) is 19.7. The van der Waals surface area contributed by atoms with Gasteiger partial charge in [-0.25, -0.2) is 0 Å². The smallest absolute Gasteiger partial charge is 0.242 e. The van der Waals surface area contributed by atoms with Gasteiger partial charge in [0.05, 0.1) is 16.5 Å². The third-order valence-electron chi connectivity index (χ3n) is 5.29.